The molecule has 2 aromatic carbocycles. The van der Waals surface area contributed by atoms with Crippen molar-refractivity contribution in [2.45, 2.75) is 18.8 Å². The van der Waals surface area contributed by atoms with Crippen LogP contribution in [0.1, 0.15) is 22.2 Å². The Balaban J connectivity index is 1.76. The number of rotatable bonds is 5. The number of carbonyl (C=O) groups is 1. The summed E-state index contributed by atoms with van der Waals surface area (Å²) in [6.07, 6.45) is 0. The van der Waals surface area contributed by atoms with E-state index < -0.39 is 0 Å². The third-order valence-electron chi connectivity index (χ3n) is 5.35. The number of ether oxygens (including phenoxy) is 1. The van der Waals surface area contributed by atoms with Gasteiger partial charge in [0, 0.05) is 18.3 Å². The summed E-state index contributed by atoms with van der Waals surface area (Å²) in [7, 11) is 3.50. The highest BCUT2D eigenvalue weighted by Crippen LogP contribution is 2.40. The van der Waals surface area contributed by atoms with Gasteiger partial charge >= 0.3 is 0 Å². The third kappa shape index (κ3) is 3.35. The van der Waals surface area contributed by atoms with E-state index in [0.717, 1.165) is 22.7 Å². The van der Waals surface area contributed by atoms with E-state index in [1.165, 1.54) is 11.8 Å². The zero-order valence-corrected chi connectivity index (χ0v) is 17.5. The average Bonchev–Trinajstić information content (AvgIpc) is 3.19. The lowest BCUT2D eigenvalue weighted by Crippen LogP contribution is -2.31. The first kappa shape index (κ1) is 19.4. The van der Waals surface area contributed by atoms with Crippen LogP contribution in [0.4, 0.5) is 0 Å². The highest BCUT2D eigenvalue weighted by Gasteiger charge is 2.37. The van der Waals surface area contributed by atoms with Crippen molar-refractivity contribution < 1.29 is 9.53 Å². The SMILES string of the molecule is COc1ccccc1CN1C(=O)CSC1c1c(C)n(C)n(-c2ccccc2)c1=O. The summed E-state index contributed by atoms with van der Waals surface area (Å²) in [5.41, 5.74) is 3.15. The Hall–Kier alpha value is -2.93. The molecule has 1 aliphatic rings. The molecule has 0 spiro atoms. The fraction of sp³-hybridized carbons (Fsp3) is 0.273. The predicted molar refractivity (Wildman–Crippen MR) is 114 cm³/mol. The van der Waals surface area contributed by atoms with Gasteiger partial charge in [-0.05, 0) is 25.1 Å². The van der Waals surface area contributed by atoms with Gasteiger partial charge in [-0.2, -0.15) is 0 Å². The van der Waals surface area contributed by atoms with Crippen molar-refractivity contribution in [1.29, 1.82) is 0 Å². The van der Waals surface area contributed by atoms with E-state index >= 15 is 0 Å². The van der Waals surface area contributed by atoms with Gasteiger partial charge in [0.25, 0.3) is 5.56 Å². The maximum Gasteiger partial charge on any atom is 0.277 e. The molecule has 1 fully saturated rings. The summed E-state index contributed by atoms with van der Waals surface area (Å²) >= 11 is 1.50. The first-order valence-corrected chi connectivity index (χ1v) is 10.4. The highest BCUT2D eigenvalue weighted by atomic mass is 32.2. The molecule has 3 aromatic rings. The van der Waals surface area contributed by atoms with Gasteiger partial charge in [-0.25, -0.2) is 4.68 Å². The van der Waals surface area contributed by atoms with E-state index in [0.29, 0.717) is 17.9 Å². The van der Waals surface area contributed by atoms with Crippen LogP contribution in [0.25, 0.3) is 5.69 Å². The monoisotopic (exact) mass is 409 g/mol. The van der Waals surface area contributed by atoms with Crippen LogP contribution in [-0.2, 0) is 18.4 Å². The lowest BCUT2D eigenvalue weighted by Gasteiger charge is -2.24. The molecule has 0 aliphatic carbocycles. The number of para-hydroxylation sites is 2. The van der Waals surface area contributed by atoms with Crippen molar-refractivity contribution in [1.82, 2.24) is 14.3 Å². The number of carbonyl (C=O) groups excluding carboxylic acids is 1. The van der Waals surface area contributed by atoms with E-state index in [-0.39, 0.29) is 16.8 Å². The Morgan fingerprint density at radius 3 is 2.48 bits per heavy atom. The Kier molecular flexibility index (Phi) is 5.24. The van der Waals surface area contributed by atoms with Crippen LogP contribution < -0.4 is 10.3 Å². The third-order valence-corrected chi connectivity index (χ3v) is 6.57. The molecule has 150 valence electrons. The number of aromatic nitrogens is 2. The maximum absolute atomic E-state index is 13.4. The number of thioether (sulfide) groups is 1. The lowest BCUT2D eigenvalue weighted by atomic mass is 10.1. The quantitative estimate of drug-likeness (QED) is 0.649. The molecule has 0 saturated carbocycles. The summed E-state index contributed by atoms with van der Waals surface area (Å²) in [4.78, 5) is 27.9. The maximum atomic E-state index is 13.4. The minimum atomic E-state index is -0.323. The van der Waals surface area contributed by atoms with Gasteiger partial charge in [0.05, 0.1) is 30.7 Å². The summed E-state index contributed by atoms with van der Waals surface area (Å²) in [6.45, 7) is 2.33. The normalized spacial score (nSPS) is 16.4. The minimum absolute atomic E-state index is 0.0276. The van der Waals surface area contributed by atoms with Crippen molar-refractivity contribution in [3.8, 4) is 11.4 Å². The molecule has 1 aliphatic heterocycles. The van der Waals surface area contributed by atoms with Crippen LogP contribution >= 0.6 is 11.8 Å². The zero-order valence-electron chi connectivity index (χ0n) is 16.7. The lowest BCUT2D eigenvalue weighted by molar-refractivity contribution is -0.128. The molecule has 29 heavy (non-hydrogen) atoms. The molecule has 6 nitrogen and oxygen atoms in total. The van der Waals surface area contributed by atoms with Crippen molar-refractivity contribution in [2.24, 2.45) is 7.05 Å². The summed E-state index contributed by atoms with van der Waals surface area (Å²) in [5.74, 6) is 1.13. The first-order chi connectivity index (χ1) is 14.0. The molecule has 0 N–H and O–H groups in total. The van der Waals surface area contributed by atoms with E-state index in [2.05, 4.69) is 0 Å². The van der Waals surface area contributed by atoms with Crippen LogP contribution in [0.3, 0.4) is 0 Å². The van der Waals surface area contributed by atoms with E-state index in [9.17, 15) is 9.59 Å². The van der Waals surface area contributed by atoms with Crippen molar-refractivity contribution in [3.05, 3.63) is 81.8 Å². The largest absolute Gasteiger partial charge is 0.496 e. The predicted octanol–water partition coefficient (Wildman–Crippen LogP) is 3.27. The van der Waals surface area contributed by atoms with Gasteiger partial charge in [0.2, 0.25) is 5.91 Å². The van der Waals surface area contributed by atoms with Crippen LogP contribution in [-0.4, -0.2) is 33.0 Å². The summed E-state index contributed by atoms with van der Waals surface area (Å²) < 4.78 is 8.97. The van der Waals surface area contributed by atoms with Crippen LogP contribution in [0.5, 0.6) is 5.75 Å². The number of amides is 1. The molecule has 1 atom stereocenters. The molecule has 1 unspecified atom stereocenters. The van der Waals surface area contributed by atoms with Crippen LogP contribution in [0.2, 0.25) is 0 Å². The van der Waals surface area contributed by atoms with E-state index in [1.807, 2.05) is 73.3 Å². The minimum Gasteiger partial charge on any atom is -0.496 e. The smallest absolute Gasteiger partial charge is 0.277 e. The Labute approximate surface area is 173 Å². The number of nitrogens with zero attached hydrogens (tertiary/aromatic N) is 3. The van der Waals surface area contributed by atoms with Crippen LogP contribution in [0.15, 0.2) is 59.4 Å². The number of hydrogen-bond acceptors (Lipinski definition) is 4. The summed E-state index contributed by atoms with van der Waals surface area (Å²) in [6, 6.07) is 17.2. The molecular weight excluding hydrogens is 386 g/mol. The standard InChI is InChI=1S/C22H23N3O3S/c1-15-20(21(27)25(23(15)2)17-10-5-4-6-11-17)22-24(19(26)14-29-22)13-16-9-7-8-12-18(16)28-3/h4-12,22H,13-14H2,1-3H3. The molecule has 0 bridgehead atoms. The fourth-order valence-electron chi connectivity index (χ4n) is 3.75. The van der Waals surface area contributed by atoms with Crippen molar-refractivity contribution in [3.63, 3.8) is 0 Å². The Morgan fingerprint density at radius 2 is 1.76 bits per heavy atom. The molecule has 2 heterocycles. The second-order valence-electron chi connectivity index (χ2n) is 6.97. The van der Waals surface area contributed by atoms with Crippen molar-refractivity contribution >= 4 is 17.7 Å². The van der Waals surface area contributed by atoms with E-state index in [1.54, 1.807) is 16.7 Å². The van der Waals surface area contributed by atoms with Crippen LogP contribution in [0, 0.1) is 6.92 Å². The zero-order chi connectivity index (χ0) is 20.5. The number of benzene rings is 2. The average molecular weight is 410 g/mol. The molecule has 1 amide bonds. The van der Waals surface area contributed by atoms with Crippen molar-refractivity contribution in [2.75, 3.05) is 12.9 Å². The van der Waals surface area contributed by atoms with Gasteiger partial charge in [-0.3, -0.25) is 14.3 Å². The van der Waals surface area contributed by atoms with Gasteiger partial charge in [-0.15, -0.1) is 11.8 Å². The Morgan fingerprint density at radius 1 is 1.07 bits per heavy atom. The molecular formula is C22H23N3O3S. The second-order valence-corrected chi connectivity index (χ2v) is 8.04. The molecule has 7 heteroatoms. The first-order valence-electron chi connectivity index (χ1n) is 9.39. The summed E-state index contributed by atoms with van der Waals surface area (Å²) in [5, 5.41) is -0.323. The molecule has 4 rings (SSSR count). The number of methoxy groups -OCH3 is 1. The Bertz CT molecular complexity index is 1100. The molecule has 1 saturated heterocycles. The van der Waals surface area contributed by atoms with Gasteiger partial charge in [0.15, 0.2) is 0 Å². The second kappa shape index (κ2) is 7.83. The fourth-order valence-corrected chi connectivity index (χ4v) is 5.03. The molecule has 1 aromatic heterocycles. The topological polar surface area (TPSA) is 56.5 Å². The van der Waals surface area contributed by atoms with E-state index in [4.69, 9.17) is 4.74 Å². The van der Waals surface area contributed by atoms with Gasteiger partial charge < -0.3 is 9.64 Å². The molecule has 0 radical (unpaired) electrons. The highest BCUT2D eigenvalue weighted by molar-refractivity contribution is 8.00. The van der Waals surface area contributed by atoms with Gasteiger partial charge in [0.1, 0.15) is 11.1 Å². The van der Waals surface area contributed by atoms with Gasteiger partial charge in [-0.1, -0.05) is 36.4 Å². The number of hydrogen-bond donors (Lipinski definition) is 0.